The zero-order valence-corrected chi connectivity index (χ0v) is 19.6. The zero-order valence-electron chi connectivity index (χ0n) is 18.6. The maximum absolute atomic E-state index is 2.77. The van der Waals surface area contributed by atoms with E-state index in [0.717, 1.165) is 46.6 Å². The fourth-order valence-corrected chi connectivity index (χ4v) is 14.6. The second-order valence-corrected chi connectivity index (χ2v) is 15.9. The Morgan fingerprint density at radius 1 is 0.586 bits per heavy atom. The van der Waals surface area contributed by atoms with Crippen LogP contribution in [0.1, 0.15) is 26.7 Å². The molecule has 0 radical (unpaired) electrons. The molecular formula is C28H38Si. The van der Waals surface area contributed by atoms with Crippen molar-refractivity contribution >= 4 is 8.07 Å². The summed E-state index contributed by atoms with van der Waals surface area (Å²) in [5, 5.41) is 0. The summed E-state index contributed by atoms with van der Waals surface area (Å²) in [7, 11) is -1.55. The predicted molar refractivity (Wildman–Crippen MR) is 128 cm³/mol. The van der Waals surface area contributed by atoms with Crippen molar-refractivity contribution in [3.8, 4) is 0 Å². The SMILES string of the molecule is CCCC1C(C)C([Si](C)(C)C2C3C=CC=CC3C3C=CC=CC32)C2C=CC=CC21. The Morgan fingerprint density at radius 2 is 1.00 bits per heavy atom. The highest BCUT2D eigenvalue weighted by atomic mass is 28.3. The van der Waals surface area contributed by atoms with Gasteiger partial charge in [-0.25, -0.2) is 0 Å². The van der Waals surface area contributed by atoms with E-state index in [9.17, 15) is 0 Å². The topological polar surface area (TPSA) is 0 Å². The Hall–Kier alpha value is -1.34. The van der Waals surface area contributed by atoms with Crippen LogP contribution in [0.2, 0.25) is 24.2 Å². The summed E-state index contributed by atoms with van der Waals surface area (Å²) in [6, 6.07) is 0. The molecule has 5 rings (SSSR count). The number of rotatable bonds is 4. The van der Waals surface area contributed by atoms with Crippen molar-refractivity contribution in [1.82, 2.24) is 0 Å². The molecule has 2 saturated carbocycles. The second kappa shape index (κ2) is 7.41. The molecule has 0 aromatic rings. The molecule has 0 saturated heterocycles. The minimum atomic E-state index is -1.55. The Morgan fingerprint density at radius 3 is 1.48 bits per heavy atom. The third kappa shape index (κ3) is 2.91. The molecule has 5 aliphatic rings. The fraction of sp³-hybridized carbons (Fsp3) is 0.571. The van der Waals surface area contributed by atoms with Crippen molar-refractivity contribution < 1.29 is 0 Å². The molecule has 0 bridgehead atoms. The van der Waals surface area contributed by atoms with Crippen molar-refractivity contribution in [3.05, 3.63) is 72.9 Å². The number of hydrogen-bond acceptors (Lipinski definition) is 0. The lowest BCUT2D eigenvalue weighted by molar-refractivity contribution is 0.332. The summed E-state index contributed by atoms with van der Waals surface area (Å²) in [6.45, 7) is 10.5. The van der Waals surface area contributed by atoms with Crippen molar-refractivity contribution in [3.63, 3.8) is 0 Å². The van der Waals surface area contributed by atoms with E-state index in [1.807, 2.05) is 0 Å². The van der Waals surface area contributed by atoms with Crippen molar-refractivity contribution in [2.45, 2.75) is 50.9 Å². The van der Waals surface area contributed by atoms with Gasteiger partial charge < -0.3 is 0 Å². The Kier molecular flexibility index (Phi) is 5.01. The van der Waals surface area contributed by atoms with Crippen LogP contribution in [0.4, 0.5) is 0 Å². The van der Waals surface area contributed by atoms with Crippen LogP contribution in [0.25, 0.3) is 0 Å². The maximum Gasteiger partial charge on any atom is 0.0557 e. The lowest BCUT2D eigenvalue weighted by atomic mass is 9.82. The van der Waals surface area contributed by atoms with E-state index in [0.29, 0.717) is 11.8 Å². The highest BCUT2D eigenvalue weighted by Crippen LogP contribution is 2.65. The van der Waals surface area contributed by atoms with Gasteiger partial charge >= 0.3 is 0 Å². The first kappa shape index (κ1) is 19.6. The molecule has 9 unspecified atom stereocenters. The van der Waals surface area contributed by atoms with Gasteiger partial charge in [-0.1, -0.05) is 106 Å². The summed E-state index contributed by atoms with van der Waals surface area (Å²) < 4.78 is 0. The normalized spacial score (nSPS) is 46.8. The van der Waals surface area contributed by atoms with E-state index in [-0.39, 0.29) is 0 Å². The van der Waals surface area contributed by atoms with Crippen LogP contribution in [-0.4, -0.2) is 8.07 Å². The molecule has 0 heterocycles. The summed E-state index contributed by atoms with van der Waals surface area (Å²) in [5.74, 6) is 6.18. The van der Waals surface area contributed by atoms with Crippen LogP contribution in [0.5, 0.6) is 0 Å². The van der Waals surface area contributed by atoms with Crippen LogP contribution in [0.15, 0.2) is 72.9 Å². The molecular weight excluding hydrogens is 364 g/mol. The van der Waals surface area contributed by atoms with E-state index in [4.69, 9.17) is 0 Å². The van der Waals surface area contributed by atoms with Gasteiger partial charge in [-0.3, -0.25) is 0 Å². The molecule has 154 valence electrons. The smallest absolute Gasteiger partial charge is 0.0557 e. The molecule has 29 heavy (non-hydrogen) atoms. The van der Waals surface area contributed by atoms with E-state index in [2.05, 4.69) is 99.9 Å². The van der Waals surface area contributed by atoms with E-state index in [1.54, 1.807) is 0 Å². The van der Waals surface area contributed by atoms with Gasteiger partial charge in [0.15, 0.2) is 0 Å². The van der Waals surface area contributed by atoms with Gasteiger partial charge in [-0.2, -0.15) is 0 Å². The lowest BCUT2D eigenvalue weighted by Crippen LogP contribution is -2.46. The summed E-state index contributed by atoms with van der Waals surface area (Å²) >= 11 is 0. The third-order valence-corrected chi connectivity index (χ3v) is 14.5. The van der Waals surface area contributed by atoms with Crippen LogP contribution < -0.4 is 0 Å². The first-order valence-electron chi connectivity index (χ1n) is 12.1. The maximum atomic E-state index is 2.77. The standard InChI is InChI=1S/C28H38Si/c1-5-12-20-19(2)27(24-16-9-6-13-21(20)24)29(3,4)28-25-17-10-7-14-22(25)23-15-8-11-18-26(23)28/h6-11,13-28H,5,12H2,1-4H3. The van der Waals surface area contributed by atoms with E-state index >= 15 is 0 Å². The van der Waals surface area contributed by atoms with Crippen LogP contribution >= 0.6 is 0 Å². The van der Waals surface area contributed by atoms with Crippen LogP contribution in [0, 0.1) is 47.3 Å². The minimum Gasteiger partial charge on any atom is -0.0808 e. The summed E-state index contributed by atoms with van der Waals surface area (Å²) in [4.78, 5) is 0. The van der Waals surface area contributed by atoms with Gasteiger partial charge in [0.1, 0.15) is 0 Å². The molecule has 0 nitrogen and oxygen atoms in total. The van der Waals surface area contributed by atoms with Gasteiger partial charge in [0.25, 0.3) is 0 Å². The van der Waals surface area contributed by atoms with Crippen LogP contribution in [0.3, 0.4) is 0 Å². The van der Waals surface area contributed by atoms with E-state index < -0.39 is 8.07 Å². The third-order valence-electron chi connectivity index (χ3n) is 9.43. The molecule has 2 fully saturated rings. The highest BCUT2D eigenvalue weighted by Gasteiger charge is 2.60. The van der Waals surface area contributed by atoms with Gasteiger partial charge in [0.05, 0.1) is 8.07 Å². The summed E-state index contributed by atoms with van der Waals surface area (Å²) in [5.41, 5.74) is 1.75. The van der Waals surface area contributed by atoms with Crippen molar-refractivity contribution in [2.24, 2.45) is 47.3 Å². The first-order chi connectivity index (χ1) is 14.1. The molecule has 0 aromatic heterocycles. The zero-order chi connectivity index (χ0) is 20.2. The molecule has 0 amide bonds. The number of hydrogen-bond donors (Lipinski definition) is 0. The Bertz CT molecular complexity index is 772. The fourth-order valence-electron chi connectivity index (χ4n) is 8.60. The predicted octanol–water partition coefficient (Wildman–Crippen LogP) is 7.59. The molecule has 0 spiro atoms. The van der Waals surface area contributed by atoms with Gasteiger partial charge in [-0.05, 0) is 64.8 Å². The highest BCUT2D eigenvalue weighted by molar-refractivity contribution is 6.80. The lowest BCUT2D eigenvalue weighted by Gasteiger charge is -2.46. The number of fused-ring (bicyclic) bond motifs is 4. The number of allylic oxidation sites excluding steroid dienone is 12. The molecule has 0 N–H and O–H groups in total. The molecule has 9 atom stereocenters. The summed E-state index contributed by atoms with van der Waals surface area (Å²) in [6.07, 6.45) is 32.1. The Labute approximate surface area is 179 Å². The van der Waals surface area contributed by atoms with Gasteiger partial charge in [0.2, 0.25) is 0 Å². The molecule has 0 aromatic carbocycles. The molecule has 0 aliphatic heterocycles. The largest absolute Gasteiger partial charge is 0.0808 e. The minimum absolute atomic E-state index is 0.712. The average Bonchev–Trinajstić information content (AvgIpc) is 3.22. The quantitative estimate of drug-likeness (QED) is 0.425. The van der Waals surface area contributed by atoms with Gasteiger partial charge in [0, 0.05) is 0 Å². The monoisotopic (exact) mass is 402 g/mol. The van der Waals surface area contributed by atoms with E-state index in [1.165, 1.54) is 12.8 Å². The first-order valence-corrected chi connectivity index (χ1v) is 15.3. The van der Waals surface area contributed by atoms with Crippen molar-refractivity contribution in [1.29, 1.82) is 0 Å². The van der Waals surface area contributed by atoms with Crippen LogP contribution in [-0.2, 0) is 0 Å². The van der Waals surface area contributed by atoms with Crippen molar-refractivity contribution in [2.75, 3.05) is 0 Å². The van der Waals surface area contributed by atoms with Gasteiger partial charge in [-0.15, -0.1) is 0 Å². The second-order valence-electron chi connectivity index (χ2n) is 11.0. The average molecular weight is 403 g/mol. The Balaban J connectivity index is 1.54. The molecule has 5 aliphatic carbocycles. The molecule has 1 heteroatoms.